The van der Waals surface area contributed by atoms with Gasteiger partial charge in [0.25, 0.3) is 5.69 Å². The van der Waals surface area contributed by atoms with Crippen LogP contribution in [-0.4, -0.2) is 29.3 Å². The van der Waals surface area contributed by atoms with Crippen LogP contribution in [0.25, 0.3) is 0 Å². The normalized spacial score (nSPS) is 16.2. The first kappa shape index (κ1) is 15.3. The van der Waals surface area contributed by atoms with Gasteiger partial charge in [-0.2, -0.15) is 0 Å². The van der Waals surface area contributed by atoms with Gasteiger partial charge >= 0.3 is 0 Å². The second-order valence-electron chi connectivity index (χ2n) is 5.34. The maximum atomic E-state index is 12.1. The van der Waals surface area contributed by atoms with E-state index in [-0.39, 0.29) is 11.6 Å². The predicted octanol–water partition coefficient (Wildman–Crippen LogP) is 2.93. The Hall–Kier alpha value is -2.11. The lowest BCUT2D eigenvalue weighted by Gasteiger charge is -2.25. The number of nitrogens with one attached hydrogen (secondary N) is 1. The van der Waals surface area contributed by atoms with E-state index in [4.69, 9.17) is 0 Å². The maximum absolute atomic E-state index is 12.1. The molecule has 1 amide bonds. The number of carbonyl (C=O) groups is 1. The van der Waals surface area contributed by atoms with E-state index in [1.807, 2.05) is 4.90 Å². The van der Waals surface area contributed by atoms with Crippen LogP contribution < -0.4 is 5.32 Å². The molecule has 114 valence electrons. The molecular formula is C15H21N3O3. The summed E-state index contributed by atoms with van der Waals surface area (Å²) in [5.41, 5.74) is 1.45. The molecule has 0 aliphatic carbocycles. The van der Waals surface area contributed by atoms with Crippen LogP contribution in [0.4, 0.5) is 11.4 Å². The number of anilines is 1. The molecule has 1 aliphatic heterocycles. The van der Waals surface area contributed by atoms with Crippen LogP contribution in [0.15, 0.2) is 18.2 Å². The fourth-order valence-electron chi connectivity index (χ4n) is 2.64. The molecule has 0 atom stereocenters. The summed E-state index contributed by atoms with van der Waals surface area (Å²) in [6.45, 7) is 1.29. The number of hydrogen-bond acceptors (Lipinski definition) is 4. The van der Waals surface area contributed by atoms with Crippen LogP contribution in [0.1, 0.15) is 37.7 Å². The molecule has 0 saturated carbocycles. The zero-order chi connectivity index (χ0) is 15.2. The lowest BCUT2D eigenvalue weighted by Crippen LogP contribution is -2.32. The number of benzene rings is 1. The third-order valence-corrected chi connectivity index (χ3v) is 3.82. The highest BCUT2D eigenvalue weighted by atomic mass is 16.6. The number of nitrogens with zero attached hydrogens (tertiary/aromatic N) is 2. The van der Waals surface area contributed by atoms with Gasteiger partial charge < -0.3 is 10.2 Å². The van der Waals surface area contributed by atoms with Crippen LogP contribution in [0.2, 0.25) is 0 Å². The summed E-state index contributed by atoms with van der Waals surface area (Å²) in [7, 11) is 1.66. The SMILES string of the molecule is CNc1cc(CN2CCCCCCC2=O)ccc1[N+](=O)[O-]. The van der Waals surface area contributed by atoms with Gasteiger partial charge in [-0.1, -0.05) is 18.9 Å². The monoisotopic (exact) mass is 291 g/mol. The summed E-state index contributed by atoms with van der Waals surface area (Å²) in [5, 5.41) is 13.8. The van der Waals surface area contributed by atoms with Crippen LogP contribution in [0, 0.1) is 10.1 Å². The number of hydrogen-bond donors (Lipinski definition) is 1. The first-order valence-corrected chi connectivity index (χ1v) is 7.34. The standard InChI is InChI=1S/C15H21N3O3/c1-16-13-10-12(7-8-14(13)18(20)21)11-17-9-5-3-2-4-6-15(17)19/h7-8,10,16H,2-6,9,11H2,1H3. The van der Waals surface area contributed by atoms with E-state index in [9.17, 15) is 14.9 Å². The van der Waals surface area contributed by atoms with Crippen molar-refractivity contribution in [3.63, 3.8) is 0 Å². The van der Waals surface area contributed by atoms with E-state index in [1.165, 1.54) is 6.07 Å². The van der Waals surface area contributed by atoms with Crippen molar-refractivity contribution >= 4 is 17.3 Å². The van der Waals surface area contributed by atoms with Gasteiger partial charge in [-0.15, -0.1) is 0 Å². The van der Waals surface area contributed by atoms with Crippen molar-refractivity contribution in [3.8, 4) is 0 Å². The second kappa shape index (κ2) is 7.06. The molecule has 0 bridgehead atoms. The molecule has 0 unspecified atom stereocenters. The van der Waals surface area contributed by atoms with E-state index in [2.05, 4.69) is 5.32 Å². The van der Waals surface area contributed by atoms with Gasteiger partial charge in [0.2, 0.25) is 5.91 Å². The summed E-state index contributed by atoms with van der Waals surface area (Å²) < 4.78 is 0. The Morgan fingerprint density at radius 2 is 2.05 bits per heavy atom. The molecule has 0 aromatic heterocycles. The number of rotatable bonds is 4. The summed E-state index contributed by atoms with van der Waals surface area (Å²) >= 11 is 0. The maximum Gasteiger partial charge on any atom is 0.292 e. The van der Waals surface area contributed by atoms with E-state index < -0.39 is 4.92 Å². The number of carbonyl (C=O) groups excluding carboxylic acids is 1. The van der Waals surface area contributed by atoms with Gasteiger partial charge in [0.1, 0.15) is 5.69 Å². The zero-order valence-corrected chi connectivity index (χ0v) is 12.3. The largest absolute Gasteiger partial charge is 0.383 e. The van der Waals surface area contributed by atoms with Crippen molar-refractivity contribution in [1.29, 1.82) is 0 Å². The molecule has 0 radical (unpaired) electrons. The molecule has 2 rings (SSSR count). The van der Waals surface area contributed by atoms with Crippen molar-refractivity contribution in [1.82, 2.24) is 4.90 Å². The summed E-state index contributed by atoms with van der Waals surface area (Å²) in [4.78, 5) is 24.5. The minimum absolute atomic E-state index is 0.0558. The van der Waals surface area contributed by atoms with Gasteiger partial charge in [0.15, 0.2) is 0 Å². The van der Waals surface area contributed by atoms with Crippen LogP contribution in [0.5, 0.6) is 0 Å². The fraction of sp³-hybridized carbons (Fsp3) is 0.533. The molecular weight excluding hydrogens is 270 g/mol. The topological polar surface area (TPSA) is 75.5 Å². The Morgan fingerprint density at radius 3 is 2.76 bits per heavy atom. The smallest absolute Gasteiger partial charge is 0.292 e. The van der Waals surface area contributed by atoms with Crippen LogP contribution >= 0.6 is 0 Å². The fourth-order valence-corrected chi connectivity index (χ4v) is 2.64. The summed E-state index contributed by atoms with van der Waals surface area (Å²) in [5.74, 6) is 0.180. The van der Waals surface area contributed by atoms with Crippen molar-refractivity contribution in [2.45, 2.75) is 38.6 Å². The van der Waals surface area contributed by atoms with Crippen LogP contribution in [0.3, 0.4) is 0 Å². The minimum Gasteiger partial charge on any atom is -0.383 e. The average Bonchev–Trinajstić information content (AvgIpc) is 2.46. The highest BCUT2D eigenvalue weighted by Crippen LogP contribution is 2.26. The first-order chi connectivity index (χ1) is 10.1. The first-order valence-electron chi connectivity index (χ1n) is 7.34. The molecule has 1 N–H and O–H groups in total. The number of amides is 1. The third-order valence-electron chi connectivity index (χ3n) is 3.82. The van der Waals surface area contributed by atoms with E-state index in [1.54, 1.807) is 19.2 Å². The average molecular weight is 291 g/mol. The lowest BCUT2D eigenvalue weighted by molar-refractivity contribution is -0.384. The molecule has 1 fully saturated rings. The number of likely N-dealkylation sites (tertiary alicyclic amines) is 1. The molecule has 6 heteroatoms. The number of nitro groups is 1. The molecule has 6 nitrogen and oxygen atoms in total. The van der Waals surface area contributed by atoms with Gasteiger partial charge in [0.05, 0.1) is 4.92 Å². The van der Waals surface area contributed by atoms with Crippen LogP contribution in [-0.2, 0) is 11.3 Å². The minimum atomic E-state index is -0.406. The number of nitro benzene ring substituents is 1. The quantitative estimate of drug-likeness (QED) is 0.683. The van der Waals surface area contributed by atoms with E-state index in [0.717, 1.165) is 37.8 Å². The molecule has 1 heterocycles. The molecule has 1 saturated heterocycles. The Balaban J connectivity index is 2.14. The lowest BCUT2D eigenvalue weighted by atomic mass is 10.1. The Kier molecular flexibility index (Phi) is 5.14. The van der Waals surface area contributed by atoms with Crippen molar-refractivity contribution in [2.24, 2.45) is 0 Å². The highest BCUT2D eigenvalue weighted by molar-refractivity contribution is 5.76. The van der Waals surface area contributed by atoms with Gasteiger partial charge in [-0.3, -0.25) is 14.9 Å². The highest BCUT2D eigenvalue weighted by Gasteiger charge is 2.18. The molecule has 21 heavy (non-hydrogen) atoms. The summed E-state index contributed by atoms with van der Waals surface area (Å²) in [6, 6.07) is 4.98. The van der Waals surface area contributed by atoms with Crippen molar-refractivity contribution < 1.29 is 9.72 Å². The second-order valence-corrected chi connectivity index (χ2v) is 5.34. The molecule has 1 aromatic carbocycles. The predicted molar refractivity (Wildman–Crippen MR) is 81.1 cm³/mol. The Morgan fingerprint density at radius 1 is 1.29 bits per heavy atom. The van der Waals surface area contributed by atoms with Gasteiger partial charge in [0, 0.05) is 32.6 Å². The summed E-state index contributed by atoms with van der Waals surface area (Å²) in [6.07, 6.45) is 4.87. The zero-order valence-electron chi connectivity index (χ0n) is 12.3. The Bertz CT molecular complexity index is 531. The van der Waals surface area contributed by atoms with E-state index in [0.29, 0.717) is 18.7 Å². The van der Waals surface area contributed by atoms with Crippen molar-refractivity contribution in [3.05, 3.63) is 33.9 Å². The third kappa shape index (κ3) is 3.93. The van der Waals surface area contributed by atoms with Gasteiger partial charge in [-0.05, 0) is 24.5 Å². The molecule has 1 aliphatic rings. The molecule has 1 aromatic rings. The Labute approximate surface area is 124 Å². The molecule has 0 spiro atoms. The van der Waals surface area contributed by atoms with Crippen molar-refractivity contribution in [2.75, 3.05) is 18.9 Å². The van der Waals surface area contributed by atoms with Gasteiger partial charge in [-0.25, -0.2) is 0 Å². The van der Waals surface area contributed by atoms with E-state index >= 15 is 0 Å².